The lowest BCUT2D eigenvalue weighted by Crippen LogP contribution is -2.50. The van der Waals surface area contributed by atoms with Gasteiger partial charge in [0.05, 0.1) is 13.0 Å². The number of nitrogens with one attached hydrogen (secondary N) is 2. The molecule has 0 aliphatic carbocycles. The molecule has 0 rings (SSSR count). The second-order valence-electron chi connectivity index (χ2n) is 15.4. The van der Waals surface area contributed by atoms with Gasteiger partial charge in [-0.1, -0.05) is 182 Å². The smallest absolute Gasteiger partial charge is 0.306 e. The van der Waals surface area contributed by atoms with Crippen LogP contribution < -0.4 is 10.6 Å². The van der Waals surface area contributed by atoms with Gasteiger partial charge in [0, 0.05) is 24.8 Å². The normalized spacial score (nSPS) is 12.6. The number of carbonyl (C=O) groups excluding carboxylic acids is 3. The lowest BCUT2D eigenvalue weighted by Gasteiger charge is -2.24. The van der Waals surface area contributed by atoms with Crippen molar-refractivity contribution in [2.45, 2.75) is 220 Å². The molecule has 2 unspecified atom stereocenters. The molecule has 8 heteroatoms. The van der Waals surface area contributed by atoms with Crippen molar-refractivity contribution in [2.75, 3.05) is 44.3 Å². The van der Waals surface area contributed by atoms with E-state index in [9.17, 15) is 14.4 Å². The summed E-state index contributed by atoms with van der Waals surface area (Å²) in [5.74, 6) is 1.15. The molecule has 0 aromatic heterocycles. The molecule has 0 aliphatic heterocycles. The summed E-state index contributed by atoms with van der Waals surface area (Å²) in [6.07, 6.45) is 33.0. The van der Waals surface area contributed by atoms with Gasteiger partial charge < -0.3 is 20.3 Å². The third-order valence-electron chi connectivity index (χ3n) is 10.7. The van der Waals surface area contributed by atoms with Crippen molar-refractivity contribution in [1.29, 1.82) is 0 Å². The number of hydrogen-bond acceptors (Lipinski definition) is 6. The summed E-state index contributed by atoms with van der Waals surface area (Å²) in [6.45, 7) is 14.8. The first-order valence-electron chi connectivity index (χ1n) is 23.0. The number of amides is 2. The number of nitrogens with zero attached hydrogens (tertiary/aromatic N) is 1. The molecule has 2 N–H and O–H groups in total. The topological polar surface area (TPSA) is 87.7 Å². The van der Waals surface area contributed by atoms with Gasteiger partial charge in [0.2, 0.25) is 11.8 Å². The standard InChI is InChI=1S/C45H89N3O4S/c1-6-11-14-17-19-20-21-22-23-24-25-26-28-31-38-52-43(49)35-40-53-39-34-42(45(51)46-36-37-48(9-4)10-5)47-44(50)41(32-29-16-13-8-3)33-30-27-18-15-12-7-2/h41-42H,6-40H2,1-5H3,(H,46,51)(H,47,50). The lowest BCUT2D eigenvalue weighted by atomic mass is 9.93. The Labute approximate surface area is 333 Å². The molecule has 0 saturated carbocycles. The predicted octanol–water partition coefficient (Wildman–Crippen LogP) is 11.8. The maximum Gasteiger partial charge on any atom is 0.306 e. The van der Waals surface area contributed by atoms with Crippen LogP contribution in [-0.2, 0) is 19.1 Å². The van der Waals surface area contributed by atoms with Gasteiger partial charge in [0.1, 0.15) is 6.04 Å². The van der Waals surface area contributed by atoms with Gasteiger partial charge in [-0.15, -0.1) is 0 Å². The van der Waals surface area contributed by atoms with Crippen molar-refractivity contribution in [3.05, 3.63) is 0 Å². The fourth-order valence-electron chi connectivity index (χ4n) is 6.97. The summed E-state index contributed by atoms with van der Waals surface area (Å²) in [4.78, 5) is 41.7. The minimum absolute atomic E-state index is 0.0360. The number of thioether (sulfide) groups is 1. The van der Waals surface area contributed by atoms with Gasteiger partial charge in [0.25, 0.3) is 0 Å². The molecule has 0 spiro atoms. The largest absolute Gasteiger partial charge is 0.466 e. The fraction of sp³-hybridized carbons (Fsp3) is 0.933. The van der Waals surface area contributed by atoms with Crippen LogP contribution in [0.2, 0.25) is 0 Å². The molecule has 314 valence electrons. The molecule has 0 aromatic rings. The van der Waals surface area contributed by atoms with E-state index in [-0.39, 0.29) is 23.7 Å². The first-order valence-corrected chi connectivity index (χ1v) is 24.1. The van der Waals surface area contributed by atoms with Crippen LogP contribution in [0.4, 0.5) is 0 Å². The van der Waals surface area contributed by atoms with E-state index in [2.05, 4.69) is 50.2 Å². The van der Waals surface area contributed by atoms with Crippen LogP contribution in [-0.4, -0.2) is 73.0 Å². The summed E-state index contributed by atoms with van der Waals surface area (Å²) >= 11 is 1.66. The Kier molecular flexibility index (Phi) is 39.4. The molecule has 0 heterocycles. The van der Waals surface area contributed by atoms with Crippen LogP contribution in [0.15, 0.2) is 0 Å². The van der Waals surface area contributed by atoms with Gasteiger partial charge >= 0.3 is 5.97 Å². The van der Waals surface area contributed by atoms with Crippen molar-refractivity contribution in [1.82, 2.24) is 15.5 Å². The number of rotatable bonds is 41. The van der Waals surface area contributed by atoms with Gasteiger partial charge in [-0.25, -0.2) is 0 Å². The molecule has 53 heavy (non-hydrogen) atoms. The molecular weight excluding hydrogens is 679 g/mol. The van der Waals surface area contributed by atoms with Crippen molar-refractivity contribution in [2.24, 2.45) is 5.92 Å². The first kappa shape index (κ1) is 51.7. The van der Waals surface area contributed by atoms with E-state index in [0.717, 1.165) is 64.6 Å². The van der Waals surface area contributed by atoms with E-state index in [1.54, 1.807) is 11.8 Å². The third-order valence-corrected chi connectivity index (χ3v) is 11.7. The summed E-state index contributed by atoms with van der Waals surface area (Å²) in [5.41, 5.74) is 0. The number of hydrogen-bond donors (Lipinski definition) is 2. The fourth-order valence-corrected chi connectivity index (χ4v) is 7.88. The average molecular weight is 768 g/mol. The highest BCUT2D eigenvalue weighted by Gasteiger charge is 2.25. The summed E-state index contributed by atoms with van der Waals surface area (Å²) in [6, 6.07) is -0.554. The van der Waals surface area contributed by atoms with Crippen LogP contribution in [0.5, 0.6) is 0 Å². The molecule has 0 fully saturated rings. The van der Waals surface area contributed by atoms with Crippen molar-refractivity contribution >= 4 is 29.5 Å². The molecular formula is C45H89N3O4S. The van der Waals surface area contributed by atoms with Gasteiger partial charge in [-0.05, 0) is 44.5 Å². The number of carbonyl (C=O) groups is 3. The van der Waals surface area contributed by atoms with E-state index in [4.69, 9.17) is 4.74 Å². The molecule has 0 aromatic carbocycles. The summed E-state index contributed by atoms with van der Waals surface area (Å²) in [7, 11) is 0. The van der Waals surface area contributed by atoms with E-state index in [0.29, 0.717) is 37.5 Å². The Balaban J connectivity index is 4.57. The van der Waals surface area contributed by atoms with Crippen LogP contribution >= 0.6 is 11.8 Å². The van der Waals surface area contributed by atoms with E-state index in [1.165, 1.54) is 122 Å². The Hall–Kier alpha value is -1.28. The second kappa shape index (κ2) is 40.4. The maximum atomic E-state index is 13.7. The SMILES string of the molecule is CCCCCCCCCCCCCCCCOC(=O)CCSCCC(NC(=O)C(CCCCCC)CCCCCCCC)C(=O)NCCN(CC)CC. The monoisotopic (exact) mass is 768 g/mol. The first-order chi connectivity index (χ1) is 25.9. The van der Waals surface area contributed by atoms with Crippen molar-refractivity contribution in [3.63, 3.8) is 0 Å². The van der Waals surface area contributed by atoms with Gasteiger partial charge in [-0.2, -0.15) is 11.8 Å². The van der Waals surface area contributed by atoms with Crippen LogP contribution in [0.3, 0.4) is 0 Å². The number of unbranched alkanes of at least 4 members (excludes halogenated alkanes) is 21. The Morgan fingerprint density at radius 3 is 1.49 bits per heavy atom. The Bertz CT molecular complexity index is 826. The number of ether oxygens (including phenoxy) is 1. The van der Waals surface area contributed by atoms with Crippen LogP contribution in [0.1, 0.15) is 214 Å². The average Bonchev–Trinajstić information content (AvgIpc) is 3.16. The van der Waals surface area contributed by atoms with E-state index in [1.807, 2.05) is 0 Å². The molecule has 0 aliphatic rings. The Morgan fingerprint density at radius 1 is 0.547 bits per heavy atom. The number of likely N-dealkylation sites (N-methyl/N-ethyl adjacent to an activating group) is 1. The zero-order valence-corrected chi connectivity index (χ0v) is 36.7. The van der Waals surface area contributed by atoms with Crippen LogP contribution in [0, 0.1) is 5.92 Å². The van der Waals surface area contributed by atoms with E-state index >= 15 is 0 Å². The summed E-state index contributed by atoms with van der Waals surface area (Å²) < 4.78 is 5.51. The van der Waals surface area contributed by atoms with Gasteiger partial charge in [0.15, 0.2) is 0 Å². The molecule has 0 bridgehead atoms. The van der Waals surface area contributed by atoms with Crippen molar-refractivity contribution < 1.29 is 19.1 Å². The minimum atomic E-state index is -0.554. The number of esters is 1. The van der Waals surface area contributed by atoms with Crippen molar-refractivity contribution in [3.8, 4) is 0 Å². The third kappa shape index (κ3) is 33.8. The highest BCUT2D eigenvalue weighted by Crippen LogP contribution is 2.20. The molecule has 0 saturated heterocycles. The molecule has 2 atom stereocenters. The molecule has 2 amide bonds. The predicted molar refractivity (Wildman–Crippen MR) is 231 cm³/mol. The summed E-state index contributed by atoms with van der Waals surface area (Å²) in [5, 5.41) is 6.29. The second-order valence-corrected chi connectivity index (χ2v) is 16.7. The molecule has 0 radical (unpaired) electrons. The minimum Gasteiger partial charge on any atom is -0.466 e. The maximum absolute atomic E-state index is 13.7. The quantitative estimate of drug-likeness (QED) is 0.0476. The highest BCUT2D eigenvalue weighted by atomic mass is 32.2. The van der Waals surface area contributed by atoms with E-state index < -0.39 is 6.04 Å². The lowest BCUT2D eigenvalue weighted by molar-refractivity contribution is -0.143. The van der Waals surface area contributed by atoms with Gasteiger partial charge in [-0.3, -0.25) is 14.4 Å². The Morgan fingerprint density at radius 2 is 1.00 bits per heavy atom. The zero-order valence-electron chi connectivity index (χ0n) is 35.9. The zero-order chi connectivity index (χ0) is 39.0. The molecule has 7 nitrogen and oxygen atoms in total. The highest BCUT2D eigenvalue weighted by molar-refractivity contribution is 7.99. The van der Waals surface area contributed by atoms with Crippen LogP contribution in [0.25, 0.3) is 0 Å².